The fourth-order valence-corrected chi connectivity index (χ4v) is 3.50. The van der Waals surface area contributed by atoms with Gasteiger partial charge in [0.05, 0.1) is 24.9 Å². The standard InChI is InChI=1S/C21H23FN4O2/c1-15-13-26-19(23-15)6-7-20(24-26)28-14-17-8-10-25(11-9-17)21(27)12-16-2-4-18(22)5-3-16/h2-7,13,17H,8-12,14H2,1H3. The Labute approximate surface area is 162 Å². The fraction of sp³-hybridized carbons (Fsp3) is 0.381. The third kappa shape index (κ3) is 4.30. The Morgan fingerprint density at radius 2 is 1.93 bits per heavy atom. The number of imidazole rings is 1. The number of fused-ring (bicyclic) bond motifs is 1. The van der Waals surface area contributed by atoms with Crippen molar-refractivity contribution in [1.29, 1.82) is 0 Å². The molecule has 28 heavy (non-hydrogen) atoms. The summed E-state index contributed by atoms with van der Waals surface area (Å²) in [4.78, 5) is 18.7. The van der Waals surface area contributed by atoms with Crippen LogP contribution in [0.1, 0.15) is 24.1 Å². The van der Waals surface area contributed by atoms with E-state index < -0.39 is 0 Å². The number of piperidine rings is 1. The maximum atomic E-state index is 13.0. The lowest BCUT2D eigenvalue weighted by molar-refractivity contribution is -0.132. The summed E-state index contributed by atoms with van der Waals surface area (Å²) < 4.78 is 20.6. The number of hydrogen-bond acceptors (Lipinski definition) is 4. The molecular weight excluding hydrogens is 359 g/mol. The van der Waals surface area contributed by atoms with Crippen LogP contribution in [-0.2, 0) is 11.2 Å². The molecule has 146 valence electrons. The van der Waals surface area contributed by atoms with E-state index >= 15 is 0 Å². The van der Waals surface area contributed by atoms with Gasteiger partial charge in [-0.15, -0.1) is 5.10 Å². The molecule has 0 unspecified atom stereocenters. The second-order valence-corrected chi connectivity index (χ2v) is 7.30. The smallest absolute Gasteiger partial charge is 0.231 e. The van der Waals surface area contributed by atoms with E-state index in [-0.39, 0.29) is 11.7 Å². The van der Waals surface area contributed by atoms with Gasteiger partial charge in [-0.2, -0.15) is 0 Å². The topological polar surface area (TPSA) is 59.7 Å². The molecule has 0 atom stereocenters. The highest BCUT2D eigenvalue weighted by Crippen LogP contribution is 2.20. The Hall–Kier alpha value is -2.96. The van der Waals surface area contributed by atoms with E-state index in [1.807, 2.05) is 30.2 Å². The molecule has 0 radical (unpaired) electrons. The molecule has 0 N–H and O–H groups in total. The summed E-state index contributed by atoms with van der Waals surface area (Å²) in [7, 11) is 0. The lowest BCUT2D eigenvalue weighted by atomic mass is 9.97. The van der Waals surface area contributed by atoms with Crippen molar-refractivity contribution in [2.75, 3.05) is 19.7 Å². The summed E-state index contributed by atoms with van der Waals surface area (Å²) in [5, 5.41) is 4.42. The van der Waals surface area contributed by atoms with E-state index in [1.165, 1.54) is 12.1 Å². The van der Waals surface area contributed by atoms with Crippen LogP contribution in [0.2, 0.25) is 0 Å². The van der Waals surface area contributed by atoms with Crippen LogP contribution in [0.5, 0.6) is 5.88 Å². The second-order valence-electron chi connectivity index (χ2n) is 7.30. The van der Waals surface area contributed by atoms with Crippen LogP contribution in [0.4, 0.5) is 4.39 Å². The number of halogens is 1. The van der Waals surface area contributed by atoms with Gasteiger partial charge in [0.15, 0.2) is 5.65 Å². The van der Waals surface area contributed by atoms with E-state index in [2.05, 4.69) is 10.1 Å². The van der Waals surface area contributed by atoms with Gasteiger partial charge in [-0.3, -0.25) is 4.79 Å². The van der Waals surface area contributed by atoms with Gasteiger partial charge in [0.1, 0.15) is 5.82 Å². The van der Waals surface area contributed by atoms with Gasteiger partial charge in [-0.25, -0.2) is 13.9 Å². The van der Waals surface area contributed by atoms with Crippen LogP contribution in [-0.4, -0.2) is 45.1 Å². The molecule has 1 aromatic carbocycles. The molecular formula is C21H23FN4O2. The molecule has 1 aliphatic heterocycles. The van der Waals surface area contributed by atoms with Gasteiger partial charge in [0.2, 0.25) is 11.8 Å². The molecule has 0 bridgehead atoms. The van der Waals surface area contributed by atoms with E-state index in [0.29, 0.717) is 24.8 Å². The van der Waals surface area contributed by atoms with Crippen molar-refractivity contribution in [2.45, 2.75) is 26.2 Å². The minimum absolute atomic E-state index is 0.0913. The molecule has 0 aliphatic carbocycles. The summed E-state index contributed by atoms with van der Waals surface area (Å²) in [6, 6.07) is 9.85. The van der Waals surface area contributed by atoms with Gasteiger partial charge < -0.3 is 9.64 Å². The Morgan fingerprint density at radius 1 is 1.18 bits per heavy atom. The first-order valence-electron chi connectivity index (χ1n) is 9.55. The second kappa shape index (κ2) is 7.96. The number of amides is 1. The number of aryl methyl sites for hydroxylation is 1. The molecule has 7 heteroatoms. The van der Waals surface area contributed by atoms with Crippen molar-refractivity contribution in [1.82, 2.24) is 19.5 Å². The predicted octanol–water partition coefficient (Wildman–Crippen LogP) is 3.04. The largest absolute Gasteiger partial charge is 0.476 e. The van der Waals surface area contributed by atoms with Crippen molar-refractivity contribution >= 4 is 11.6 Å². The Bertz CT molecular complexity index is 962. The predicted molar refractivity (Wildman–Crippen MR) is 103 cm³/mol. The molecule has 0 saturated carbocycles. The first kappa shape index (κ1) is 18.4. The number of aromatic nitrogens is 3. The van der Waals surface area contributed by atoms with E-state index in [0.717, 1.165) is 42.8 Å². The average Bonchev–Trinajstić information content (AvgIpc) is 3.08. The first-order chi connectivity index (χ1) is 13.6. The van der Waals surface area contributed by atoms with Gasteiger partial charge in [-0.05, 0) is 49.4 Å². The van der Waals surface area contributed by atoms with E-state index in [4.69, 9.17) is 4.74 Å². The average molecular weight is 382 g/mol. The lowest BCUT2D eigenvalue weighted by Crippen LogP contribution is -2.40. The fourth-order valence-electron chi connectivity index (χ4n) is 3.50. The zero-order valence-corrected chi connectivity index (χ0v) is 15.8. The molecule has 6 nitrogen and oxygen atoms in total. The Balaban J connectivity index is 1.25. The van der Waals surface area contributed by atoms with Crippen LogP contribution in [0.3, 0.4) is 0 Å². The third-order valence-corrected chi connectivity index (χ3v) is 5.12. The molecule has 3 heterocycles. The van der Waals surface area contributed by atoms with Crippen LogP contribution < -0.4 is 4.74 Å². The SMILES string of the molecule is Cc1cn2nc(OCC3CCN(C(=O)Cc4ccc(F)cc4)CC3)ccc2n1. The van der Waals surface area contributed by atoms with Crippen molar-refractivity contribution in [3.63, 3.8) is 0 Å². The number of carbonyl (C=O) groups is 1. The Morgan fingerprint density at radius 3 is 2.68 bits per heavy atom. The van der Waals surface area contributed by atoms with E-state index in [9.17, 15) is 9.18 Å². The van der Waals surface area contributed by atoms with Crippen LogP contribution in [0.25, 0.3) is 5.65 Å². The number of benzene rings is 1. The summed E-state index contributed by atoms with van der Waals surface area (Å²) >= 11 is 0. The highest BCUT2D eigenvalue weighted by Gasteiger charge is 2.23. The molecule has 3 aromatic rings. The van der Waals surface area contributed by atoms with Gasteiger partial charge in [0, 0.05) is 19.2 Å². The molecule has 1 aliphatic rings. The monoisotopic (exact) mass is 382 g/mol. The minimum atomic E-state index is -0.283. The first-order valence-corrected chi connectivity index (χ1v) is 9.55. The zero-order chi connectivity index (χ0) is 19.5. The van der Waals surface area contributed by atoms with E-state index in [1.54, 1.807) is 16.6 Å². The third-order valence-electron chi connectivity index (χ3n) is 5.12. The van der Waals surface area contributed by atoms with Crippen molar-refractivity contribution in [3.05, 3.63) is 59.7 Å². The molecule has 2 aromatic heterocycles. The number of nitrogens with zero attached hydrogens (tertiary/aromatic N) is 4. The van der Waals surface area contributed by atoms with Crippen molar-refractivity contribution in [3.8, 4) is 5.88 Å². The number of rotatable bonds is 5. The van der Waals surface area contributed by atoms with Crippen LogP contribution >= 0.6 is 0 Å². The summed E-state index contributed by atoms with van der Waals surface area (Å²) in [6.07, 6.45) is 3.99. The normalized spacial score (nSPS) is 15.1. The van der Waals surface area contributed by atoms with Crippen molar-refractivity contribution < 1.29 is 13.9 Å². The number of carbonyl (C=O) groups excluding carboxylic acids is 1. The Kier molecular flexibility index (Phi) is 5.23. The molecule has 4 rings (SSSR count). The summed E-state index contributed by atoms with van der Waals surface area (Å²) in [6.45, 7) is 3.97. The zero-order valence-electron chi connectivity index (χ0n) is 15.8. The maximum absolute atomic E-state index is 13.0. The molecule has 0 spiro atoms. The highest BCUT2D eigenvalue weighted by molar-refractivity contribution is 5.78. The number of ether oxygens (including phenoxy) is 1. The summed E-state index contributed by atoms with van der Waals surface area (Å²) in [5.41, 5.74) is 2.56. The lowest BCUT2D eigenvalue weighted by Gasteiger charge is -2.32. The van der Waals surface area contributed by atoms with Crippen LogP contribution in [0.15, 0.2) is 42.6 Å². The van der Waals surface area contributed by atoms with Gasteiger partial charge >= 0.3 is 0 Å². The molecule has 1 fully saturated rings. The number of hydrogen-bond donors (Lipinski definition) is 0. The molecule has 1 saturated heterocycles. The highest BCUT2D eigenvalue weighted by atomic mass is 19.1. The van der Waals surface area contributed by atoms with Crippen molar-refractivity contribution in [2.24, 2.45) is 5.92 Å². The minimum Gasteiger partial charge on any atom is -0.476 e. The van der Waals surface area contributed by atoms with Gasteiger partial charge in [0.25, 0.3) is 0 Å². The summed E-state index contributed by atoms with van der Waals surface area (Å²) in [5.74, 6) is 0.791. The molecule has 1 amide bonds. The maximum Gasteiger partial charge on any atom is 0.231 e. The quantitative estimate of drug-likeness (QED) is 0.681. The van der Waals surface area contributed by atoms with Gasteiger partial charge in [-0.1, -0.05) is 12.1 Å². The van der Waals surface area contributed by atoms with Crippen LogP contribution in [0, 0.1) is 18.7 Å². The number of likely N-dealkylation sites (tertiary alicyclic amines) is 1.